The van der Waals surface area contributed by atoms with Gasteiger partial charge < -0.3 is 5.32 Å². The summed E-state index contributed by atoms with van der Waals surface area (Å²) in [5.41, 5.74) is 3.74. The van der Waals surface area contributed by atoms with Crippen LogP contribution in [0.2, 0.25) is 5.15 Å². The molecular weight excluding hydrogens is 246 g/mol. The van der Waals surface area contributed by atoms with Crippen molar-refractivity contribution in [1.82, 2.24) is 20.0 Å². The SMILES string of the molecule is CCc1nn(C)c(Cl)c1CNc1nncs1. The van der Waals surface area contributed by atoms with E-state index in [1.807, 2.05) is 7.05 Å². The van der Waals surface area contributed by atoms with Gasteiger partial charge >= 0.3 is 0 Å². The maximum absolute atomic E-state index is 6.16. The molecule has 16 heavy (non-hydrogen) atoms. The van der Waals surface area contributed by atoms with Crippen LogP contribution in [-0.2, 0) is 20.0 Å². The summed E-state index contributed by atoms with van der Waals surface area (Å²) in [6, 6.07) is 0. The lowest BCUT2D eigenvalue weighted by atomic mass is 10.2. The standard InChI is InChI=1S/C9H12ClN5S/c1-3-7-6(8(10)15(2)14-7)4-11-9-13-12-5-16-9/h5H,3-4H2,1-2H3,(H,11,13). The summed E-state index contributed by atoms with van der Waals surface area (Å²) in [5, 5.41) is 16.7. The largest absolute Gasteiger partial charge is 0.356 e. The highest BCUT2D eigenvalue weighted by molar-refractivity contribution is 7.13. The van der Waals surface area contributed by atoms with Gasteiger partial charge in [0.25, 0.3) is 0 Å². The lowest BCUT2D eigenvalue weighted by Crippen LogP contribution is -2.01. The lowest BCUT2D eigenvalue weighted by Gasteiger charge is -2.02. The Morgan fingerprint density at radius 3 is 3.00 bits per heavy atom. The Kier molecular flexibility index (Phi) is 3.40. The molecule has 2 heterocycles. The highest BCUT2D eigenvalue weighted by Gasteiger charge is 2.12. The summed E-state index contributed by atoms with van der Waals surface area (Å²) in [5.74, 6) is 0. The van der Waals surface area contributed by atoms with Crippen LogP contribution in [0.15, 0.2) is 5.51 Å². The van der Waals surface area contributed by atoms with Crippen LogP contribution in [0.3, 0.4) is 0 Å². The van der Waals surface area contributed by atoms with Gasteiger partial charge in [0, 0.05) is 19.2 Å². The topological polar surface area (TPSA) is 55.6 Å². The Morgan fingerprint density at radius 2 is 2.38 bits per heavy atom. The molecule has 0 aliphatic rings. The van der Waals surface area contributed by atoms with Crippen LogP contribution in [0.4, 0.5) is 5.13 Å². The van der Waals surface area contributed by atoms with E-state index in [1.54, 1.807) is 10.2 Å². The van der Waals surface area contributed by atoms with Crippen LogP contribution in [-0.4, -0.2) is 20.0 Å². The molecule has 0 spiro atoms. The van der Waals surface area contributed by atoms with Crippen LogP contribution in [0.5, 0.6) is 0 Å². The summed E-state index contributed by atoms with van der Waals surface area (Å²) < 4.78 is 1.69. The van der Waals surface area contributed by atoms with Crippen molar-refractivity contribution in [2.24, 2.45) is 7.05 Å². The van der Waals surface area contributed by atoms with Crippen LogP contribution in [0.25, 0.3) is 0 Å². The van der Waals surface area contributed by atoms with Gasteiger partial charge in [-0.05, 0) is 6.42 Å². The van der Waals surface area contributed by atoms with Gasteiger partial charge in [-0.1, -0.05) is 29.9 Å². The molecule has 0 fully saturated rings. The average Bonchev–Trinajstić information content (AvgIpc) is 2.87. The summed E-state index contributed by atoms with van der Waals surface area (Å²) in [7, 11) is 1.84. The second-order valence-electron chi connectivity index (χ2n) is 3.29. The number of aromatic nitrogens is 4. The monoisotopic (exact) mass is 257 g/mol. The minimum Gasteiger partial charge on any atom is -0.356 e. The van der Waals surface area contributed by atoms with Gasteiger partial charge in [-0.3, -0.25) is 4.68 Å². The van der Waals surface area contributed by atoms with Gasteiger partial charge in [0.2, 0.25) is 5.13 Å². The quantitative estimate of drug-likeness (QED) is 0.911. The first-order valence-corrected chi connectivity index (χ1v) is 6.18. The van der Waals surface area contributed by atoms with Gasteiger partial charge in [-0.2, -0.15) is 5.10 Å². The van der Waals surface area contributed by atoms with Gasteiger partial charge in [-0.15, -0.1) is 10.2 Å². The molecule has 0 aliphatic carbocycles. The van der Waals surface area contributed by atoms with E-state index in [2.05, 4.69) is 27.5 Å². The van der Waals surface area contributed by atoms with Gasteiger partial charge in [0.15, 0.2) is 0 Å². The van der Waals surface area contributed by atoms with Crippen molar-refractivity contribution >= 4 is 28.1 Å². The van der Waals surface area contributed by atoms with E-state index >= 15 is 0 Å². The minimum atomic E-state index is 0.630. The predicted molar refractivity (Wildman–Crippen MR) is 64.8 cm³/mol. The molecule has 86 valence electrons. The molecule has 0 saturated carbocycles. The molecule has 2 aromatic heterocycles. The Labute approximate surface area is 102 Å². The van der Waals surface area contributed by atoms with Crippen molar-refractivity contribution in [3.63, 3.8) is 0 Å². The number of halogens is 1. The fourth-order valence-corrected chi connectivity index (χ4v) is 2.13. The molecule has 2 aromatic rings. The number of aryl methyl sites for hydroxylation is 2. The van der Waals surface area contributed by atoms with E-state index < -0.39 is 0 Å². The molecular formula is C9H12ClN5S. The molecule has 0 radical (unpaired) electrons. The van der Waals surface area contributed by atoms with E-state index in [4.69, 9.17) is 11.6 Å². The summed E-state index contributed by atoms with van der Waals surface area (Å²) >= 11 is 7.63. The third-order valence-electron chi connectivity index (χ3n) is 2.26. The normalized spacial score (nSPS) is 10.7. The maximum atomic E-state index is 6.16. The van der Waals surface area contributed by atoms with Crippen molar-refractivity contribution in [3.8, 4) is 0 Å². The first-order chi connectivity index (χ1) is 7.72. The first-order valence-electron chi connectivity index (χ1n) is 4.92. The summed E-state index contributed by atoms with van der Waals surface area (Å²) in [4.78, 5) is 0. The Balaban J connectivity index is 2.14. The number of hydrogen-bond acceptors (Lipinski definition) is 5. The number of hydrogen-bond donors (Lipinski definition) is 1. The van der Waals surface area contributed by atoms with E-state index in [-0.39, 0.29) is 0 Å². The van der Waals surface area contributed by atoms with Crippen LogP contribution < -0.4 is 5.32 Å². The van der Waals surface area contributed by atoms with Gasteiger partial charge in [0.1, 0.15) is 10.7 Å². The second kappa shape index (κ2) is 4.80. The van der Waals surface area contributed by atoms with E-state index in [0.29, 0.717) is 11.7 Å². The highest BCUT2D eigenvalue weighted by Crippen LogP contribution is 2.21. The molecule has 0 unspecified atom stereocenters. The van der Waals surface area contributed by atoms with Crippen LogP contribution in [0.1, 0.15) is 18.2 Å². The molecule has 0 saturated heterocycles. The third-order valence-corrected chi connectivity index (χ3v) is 3.39. The molecule has 0 aromatic carbocycles. The number of anilines is 1. The van der Waals surface area contributed by atoms with Crippen molar-refractivity contribution in [2.75, 3.05) is 5.32 Å². The third kappa shape index (κ3) is 2.17. The van der Waals surface area contributed by atoms with Crippen molar-refractivity contribution in [3.05, 3.63) is 21.9 Å². The Bertz CT molecular complexity index is 464. The van der Waals surface area contributed by atoms with Crippen LogP contribution in [0, 0.1) is 0 Å². The first kappa shape index (κ1) is 11.3. The second-order valence-corrected chi connectivity index (χ2v) is 4.48. The summed E-state index contributed by atoms with van der Waals surface area (Å²) in [6.45, 7) is 2.69. The predicted octanol–water partition coefficient (Wildman–Crippen LogP) is 2.10. The van der Waals surface area contributed by atoms with Gasteiger partial charge in [0.05, 0.1) is 5.69 Å². The van der Waals surface area contributed by atoms with Crippen molar-refractivity contribution in [2.45, 2.75) is 19.9 Å². The van der Waals surface area contributed by atoms with E-state index in [9.17, 15) is 0 Å². The molecule has 2 rings (SSSR count). The molecule has 0 aliphatic heterocycles. The van der Waals surface area contributed by atoms with Crippen LogP contribution >= 0.6 is 22.9 Å². The fraction of sp³-hybridized carbons (Fsp3) is 0.444. The van der Waals surface area contributed by atoms with E-state index in [1.165, 1.54) is 11.3 Å². The van der Waals surface area contributed by atoms with Gasteiger partial charge in [-0.25, -0.2) is 0 Å². The molecule has 0 bridgehead atoms. The van der Waals surface area contributed by atoms with Crippen molar-refractivity contribution in [1.29, 1.82) is 0 Å². The zero-order valence-corrected chi connectivity index (χ0v) is 10.6. The van der Waals surface area contributed by atoms with Crippen molar-refractivity contribution < 1.29 is 0 Å². The zero-order chi connectivity index (χ0) is 11.5. The zero-order valence-electron chi connectivity index (χ0n) is 9.07. The summed E-state index contributed by atoms with van der Waals surface area (Å²) in [6.07, 6.45) is 0.869. The number of nitrogens with zero attached hydrogens (tertiary/aromatic N) is 4. The Hall–Kier alpha value is -1.14. The molecule has 5 nitrogen and oxygen atoms in total. The number of rotatable bonds is 4. The maximum Gasteiger partial charge on any atom is 0.205 e. The number of nitrogens with one attached hydrogen (secondary N) is 1. The molecule has 1 N–H and O–H groups in total. The average molecular weight is 258 g/mol. The fourth-order valence-electron chi connectivity index (χ4n) is 1.47. The minimum absolute atomic E-state index is 0.630. The Morgan fingerprint density at radius 1 is 1.56 bits per heavy atom. The molecule has 7 heteroatoms. The van der Waals surface area contributed by atoms with E-state index in [0.717, 1.165) is 22.8 Å². The smallest absolute Gasteiger partial charge is 0.205 e. The lowest BCUT2D eigenvalue weighted by molar-refractivity contribution is 0.747. The molecule has 0 atom stereocenters. The highest BCUT2D eigenvalue weighted by atomic mass is 35.5. The molecule has 0 amide bonds.